The van der Waals surface area contributed by atoms with Crippen molar-refractivity contribution in [3.63, 3.8) is 0 Å². The second kappa shape index (κ2) is 4.56. The average Bonchev–Trinajstić information content (AvgIpc) is 2.15. The summed E-state index contributed by atoms with van der Waals surface area (Å²) in [6.45, 7) is 1.25. The number of carbonyl (C=O) groups is 1. The maximum absolute atomic E-state index is 10.4. The number of hydrogen-bond donors (Lipinski definition) is 2. The normalized spacial score (nSPS) is 22.6. The molecule has 0 unspecified atom stereocenters. The molecule has 1 aliphatic rings. The van der Waals surface area contributed by atoms with Crippen molar-refractivity contribution < 1.29 is 14.8 Å². The first-order chi connectivity index (χ1) is 6.59. The van der Waals surface area contributed by atoms with Crippen LogP contribution < -0.4 is 5.32 Å². The van der Waals surface area contributed by atoms with Gasteiger partial charge in [0, 0.05) is 30.3 Å². The third-order valence-electron chi connectivity index (χ3n) is 1.87. The van der Waals surface area contributed by atoms with Crippen LogP contribution in [-0.2, 0) is 4.79 Å². The Morgan fingerprint density at radius 2 is 2.43 bits per heavy atom. The number of nitrogens with one attached hydrogen (secondary N) is 1. The van der Waals surface area contributed by atoms with Crippen LogP contribution in [0.5, 0.6) is 0 Å². The molecule has 0 aromatic rings. The Morgan fingerprint density at radius 3 is 3.00 bits per heavy atom. The third kappa shape index (κ3) is 3.02. The molecule has 1 aliphatic heterocycles. The van der Waals surface area contributed by atoms with E-state index in [9.17, 15) is 14.9 Å². The minimum Gasteiger partial charge on any atom is -0.478 e. The molecule has 7 heteroatoms. The Labute approximate surface area is 80.2 Å². The zero-order chi connectivity index (χ0) is 10.6. The Kier molecular flexibility index (Phi) is 3.41. The number of carboxylic acids is 1. The van der Waals surface area contributed by atoms with Gasteiger partial charge in [-0.05, 0) is 0 Å². The molecule has 1 rings (SSSR count). The summed E-state index contributed by atoms with van der Waals surface area (Å²) >= 11 is 0. The highest BCUT2D eigenvalue weighted by atomic mass is 16.6. The van der Waals surface area contributed by atoms with E-state index < -0.39 is 17.1 Å². The van der Waals surface area contributed by atoms with E-state index in [4.69, 9.17) is 5.11 Å². The molecule has 0 aromatic heterocycles. The summed E-state index contributed by atoms with van der Waals surface area (Å²) in [6, 6.07) is 0. The first-order valence-corrected chi connectivity index (χ1v) is 4.11. The van der Waals surface area contributed by atoms with Crippen molar-refractivity contribution in [2.24, 2.45) is 0 Å². The molecule has 0 spiro atoms. The van der Waals surface area contributed by atoms with Gasteiger partial charge in [-0.15, -0.1) is 0 Å². The van der Waals surface area contributed by atoms with E-state index in [1.54, 1.807) is 4.90 Å². The fraction of sp³-hybridized carbons (Fsp3) is 0.571. The van der Waals surface area contributed by atoms with Crippen LogP contribution in [0.2, 0.25) is 0 Å². The maximum Gasteiger partial charge on any atom is 0.329 e. The lowest BCUT2D eigenvalue weighted by Crippen LogP contribution is -2.52. The van der Waals surface area contributed by atoms with E-state index in [-0.39, 0.29) is 6.54 Å². The van der Waals surface area contributed by atoms with Gasteiger partial charge in [0.25, 0.3) is 6.17 Å². The topological polar surface area (TPSA) is 95.7 Å². The number of aliphatic carboxylic acids is 1. The fourth-order valence-electron chi connectivity index (χ4n) is 1.20. The highest BCUT2D eigenvalue weighted by molar-refractivity contribution is 5.79. The quantitative estimate of drug-likeness (QED) is 0.349. The van der Waals surface area contributed by atoms with Crippen molar-refractivity contribution in [2.75, 3.05) is 19.6 Å². The first-order valence-electron chi connectivity index (χ1n) is 4.11. The zero-order valence-corrected chi connectivity index (χ0v) is 7.42. The summed E-state index contributed by atoms with van der Waals surface area (Å²) in [5, 5.41) is 21.5. The third-order valence-corrected chi connectivity index (χ3v) is 1.87. The molecule has 2 N–H and O–H groups in total. The summed E-state index contributed by atoms with van der Waals surface area (Å²) in [5.41, 5.74) is 0. The first kappa shape index (κ1) is 10.5. The molecule has 0 radical (unpaired) electrons. The lowest BCUT2D eigenvalue weighted by molar-refractivity contribution is -0.531. The van der Waals surface area contributed by atoms with Crippen molar-refractivity contribution in [3.8, 4) is 0 Å². The SMILES string of the molecule is O=C(O)/C=C\N1CCN[C@@H]([N+](=O)[O-])C1. The molecule has 0 amide bonds. The Bertz CT molecular complexity index is 266. The predicted molar refractivity (Wildman–Crippen MR) is 47.1 cm³/mol. The summed E-state index contributed by atoms with van der Waals surface area (Å²) in [6.07, 6.45) is 1.52. The van der Waals surface area contributed by atoms with Crippen LogP contribution in [0.1, 0.15) is 0 Å². The van der Waals surface area contributed by atoms with Gasteiger partial charge in [-0.1, -0.05) is 0 Å². The predicted octanol–water partition coefficient (Wildman–Crippen LogP) is -0.907. The zero-order valence-electron chi connectivity index (χ0n) is 7.42. The van der Waals surface area contributed by atoms with Gasteiger partial charge in [0.2, 0.25) is 0 Å². The van der Waals surface area contributed by atoms with E-state index in [1.165, 1.54) is 6.20 Å². The number of nitro groups is 1. The molecule has 0 saturated carbocycles. The molecule has 1 fully saturated rings. The summed E-state index contributed by atoms with van der Waals surface area (Å²) < 4.78 is 0. The van der Waals surface area contributed by atoms with Crippen LogP contribution in [0, 0.1) is 10.1 Å². The van der Waals surface area contributed by atoms with Crippen LogP contribution >= 0.6 is 0 Å². The lowest BCUT2D eigenvalue weighted by Gasteiger charge is -2.27. The van der Waals surface area contributed by atoms with Crippen LogP contribution in [0.3, 0.4) is 0 Å². The second-order valence-corrected chi connectivity index (χ2v) is 2.90. The Hall–Kier alpha value is -1.63. The molecule has 1 heterocycles. The molecule has 0 aliphatic carbocycles. The molecule has 1 saturated heterocycles. The van der Waals surface area contributed by atoms with E-state index in [0.29, 0.717) is 13.1 Å². The van der Waals surface area contributed by atoms with Gasteiger partial charge in [0.05, 0.1) is 6.54 Å². The van der Waals surface area contributed by atoms with Crippen LogP contribution in [0.4, 0.5) is 0 Å². The minimum absolute atomic E-state index is 0.191. The van der Waals surface area contributed by atoms with Crippen LogP contribution in [0.15, 0.2) is 12.3 Å². The molecule has 7 nitrogen and oxygen atoms in total. The average molecular weight is 201 g/mol. The van der Waals surface area contributed by atoms with E-state index in [0.717, 1.165) is 6.08 Å². The standard InChI is InChI=1S/C7H11N3O4/c11-7(12)1-3-9-4-2-8-6(5-9)10(13)14/h1,3,6,8H,2,4-5H2,(H,11,12)/b3-1-/t6-/m0/s1. The van der Waals surface area contributed by atoms with Crippen molar-refractivity contribution in [1.82, 2.24) is 10.2 Å². The second-order valence-electron chi connectivity index (χ2n) is 2.90. The molecule has 1 atom stereocenters. The Morgan fingerprint density at radius 1 is 1.71 bits per heavy atom. The number of piperazine rings is 1. The number of hydrogen-bond acceptors (Lipinski definition) is 5. The van der Waals surface area contributed by atoms with Crippen LogP contribution in [-0.4, -0.2) is 46.7 Å². The summed E-state index contributed by atoms with van der Waals surface area (Å²) in [5.74, 6) is -1.05. The number of rotatable bonds is 3. The van der Waals surface area contributed by atoms with Gasteiger partial charge in [-0.25, -0.2) is 4.79 Å². The molecule has 0 bridgehead atoms. The molecular weight excluding hydrogens is 190 g/mol. The van der Waals surface area contributed by atoms with Gasteiger partial charge in [-0.3, -0.25) is 15.4 Å². The monoisotopic (exact) mass is 201 g/mol. The molecule has 0 aromatic carbocycles. The lowest BCUT2D eigenvalue weighted by atomic mass is 10.3. The fourth-order valence-corrected chi connectivity index (χ4v) is 1.20. The van der Waals surface area contributed by atoms with Crippen LogP contribution in [0.25, 0.3) is 0 Å². The Balaban J connectivity index is 2.48. The van der Waals surface area contributed by atoms with Crippen molar-refractivity contribution in [2.45, 2.75) is 6.17 Å². The molecule has 14 heavy (non-hydrogen) atoms. The largest absolute Gasteiger partial charge is 0.478 e. The summed E-state index contributed by atoms with van der Waals surface area (Å²) in [7, 11) is 0. The maximum atomic E-state index is 10.4. The van der Waals surface area contributed by atoms with Gasteiger partial charge in [0.15, 0.2) is 0 Å². The van der Waals surface area contributed by atoms with Crippen molar-refractivity contribution >= 4 is 5.97 Å². The highest BCUT2D eigenvalue weighted by Gasteiger charge is 2.25. The number of carboxylic acid groups (broad SMARTS) is 1. The highest BCUT2D eigenvalue weighted by Crippen LogP contribution is 2.00. The van der Waals surface area contributed by atoms with Gasteiger partial charge < -0.3 is 10.0 Å². The number of nitrogens with zero attached hydrogens (tertiary/aromatic N) is 2. The van der Waals surface area contributed by atoms with E-state index in [1.807, 2.05) is 0 Å². The van der Waals surface area contributed by atoms with E-state index in [2.05, 4.69) is 5.32 Å². The van der Waals surface area contributed by atoms with Gasteiger partial charge >= 0.3 is 5.97 Å². The molecule has 78 valence electrons. The van der Waals surface area contributed by atoms with Crippen molar-refractivity contribution in [1.29, 1.82) is 0 Å². The smallest absolute Gasteiger partial charge is 0.329 e. The van der Waals surface area contributed by atoms with Gasteiger partial charge in [-0.2, -0.15) is 0 Å². The van der Waals surface area contributed by atoms with Crippen molar-refractivity contribution in [3.05, 3.63) is 22.4 Å². The van der Waals surface area contributed by atoms with E-state index >= 15 is 0 Å². The molecular formula is C7H11N3O4. The van der Waals surface area contributed by atoms with Gasteiger partial charge in [0.1, 0.15) is 0 Å². The summed E-state index contributed by atoms with van der Waals surface area (Å²) in [4.78, 5) is 21.8. The minimum atomic E-state index is -1.05.